The summed E-state index contributed by atoms with van der Waals surface area (Å²) in [5, 5.41) is 9.33. The van der Waals surface area contributed by atoms with E-state index in [0.29, 0.717) is 32.5 Å². The third-order valence-electron chi connectivity index (χ3n) is 5.92. The first-order valence-electron chi connectivity index (χ1n) is 9.48. The Morgan fingerprint density at radius 2 is 1.96 bits per heavy atom. The molecule has 1 aromatic rings. The minimum absolute atomic E-state index is 0.143. The van der Waals surface area contributed by atoms with E-state index in [-0.39, 0.29) is 17.9 Å². The highest BCUT2D eigenvalue weighted by molar-refractivity contribution is 5.79. The molecule has 1 unspecified atom stereocenters. The van der Waals surface area contributed by atoms with Crippen molar-refractivity contribution >= 4 is 11.9 Å². The number of carbonyl (C=O) groups is 2. The van der Waals surface area contributed by atoms with Gasteiger partial charge in [-0.3, -0.25) is 9.59 Å². The second kappa shape index (κ2) is 7.27. The Kier molecular flexibility index (Phi) is 4.85. The van der Waals surface area contributed by atoms with Crippen LogP contribution in [0.4, 0.5) is 0 Å². The quantitative estimate of drug-likeness (QED) is 0.888. The summed E-state index contributed by atoms with van der Waals surface area (Å²) in [5.41, 5.74) is 2.22. The number of ether oxygens (including phenoxy) is 2. The van der Waals surface area contributed by atoms with E-state index in [1.807, 2.05) is 17.0 Å². The first-order chi connectivity index (χ1) is 12.6. The van der Waals surface area contributed by atoms with Crippen LogP contribution in [0.5, 0.6) is 5.75 Å². The summed E-state index contributed by atoms with van der Waals surface area (Å²) in [4.78, 5) is 25.9. The van der Waals surface area contributed by atoms with Crippen molar-refractivity contribution in [3.63, 3.8) is 0 Å². The number of fused-ring (bicyclic) bond motifs is 1. The number of likely N-dealkylation sites (tertiary alicyclic amines) is 1. The Labute approximate surface area is 153 Å². The zero-order valence-electron chi connectivity index (χ0n) is 14.9. The third kappa shape index (κ3) is 3.43. The van der Waals surface area contributed by atoms with Gasteiger partial charge in [0, 0.05) is 26.1 Å². The van der Waals surface area contributed by atoms with Crippen molar-refractivity contribution < 1.29 is 24.2 Å². The van der Waals surface area contributed by atoms with Gasteiger partial charge in [0.25, 0.3) is 0 Å². The van der Waals surface area contributed by atoms with E-state index in [2.05, 4.69) is 6.07 Å². The highest BCUT2D eigenvalue weighted by Crippen LogP contribution is 2.33. The summed E-state index contributed by atoms with van der Waals surface area (Å²) < 4.78 is 11.2. The summed E-state index contributed by atoms with van der Waals surface area (Å²) in [7, 11) is 0. The fraction of sp³-hybridized carbons (Fsp3) is 0.600. The van der Waals surface area contributed by atoms with Crippen LogP contribution >= 0.6 is 0 Å². The molecule has 0 aliphatic carbocycles. The molecule has 0 bridgehead atoms. The zero-order chi connectivity index (χ0) is 18.1. The van der Waals surface area contributed by atoms with Crippen molar-refractivity contribution in [2.45, 2.75) is 38.2 Å². The second-order valence-corrected chi connectivity index (χ2v) is 7.50. The summed E-state index contributed by atoms with van der Waals surface area (Å²) in [6, 6.07) is 6.01. The minimum atomic E-state index is -0.758. The lowest BCUT2D eigenvalue weighted by Gasteiger charge is -2.35. The molecular formula is C20H25NO5. The molecule has 2 atom stereocenters. The molecule has 2 fully saturated rings. The van der Waals surface area contributed by atoms with Gasteiger partial charge in [0.15, 0.2) is 0 Å². The van der Waals surface area contributed by atoms with Crippen LogP contribution in [0.2, 0.25) is 0 Å². The van der Waals surface area contributed by atoms with E-state index in [1.165, 1.54) is 5.56 Å². The lowest BCUT2D eigenvalue weighted by atomic mass is 9.84. The molecule has 140 valence electrons. The monoisotopic (exact) mass is 359 g/mol. The molecule has 1 aromatic carbocycles. The molecule has 6 heteroatoms. The first-order valence-corrected chi connectivity index (χ1v) is 9.48. The number of carbonyl (C=O) groups excluding carboxylic acids is 1. The lowest BCUT2D eigenvalue weighted by Crippen LogP contribution is -2.43. The summed E-state index contributed by atoms with van der Waals surface area (Å²) >= 11 is 0. The number of aliphatic carboxylic acids is 1. The first kappa shape index (κ1) is 17.3. The van der Waals surface area contributed by atoms with E-state index >= 15 is 0 Å². The van der Waals surface area contributed by atoms with E-state index < -0.39 is 11.9 Å². The van der Waals surface area contributed by atoms with Crippen molar-refractivity contribution in [2.24, 2.45) is 11.8 Å². The highest BCUT2D eigenvalue weighted by atomic mass is 16.5. The Balaban J connectivity index is 1.31. The van der Waals surface area contributed by atoms with Gasteiger partial charge in [0.1, 0.15) is 5.75 Å². The van der Waals surface area contributed by atoms with Gasteiger partial charge in [-0.1, -0.05) is 12.1 Å². The molecule has 6 nitrogen and oxygen atoms in total. The number of benzene rings is 1. The number of piperidine rings is 1. The van der Waals surface area contributed by atoms with Crippen molar-refractivity contribution in [3.8, 4) is 5.75 Å². The van der Waals surface area contributed by atoms with Crippen molar-refractivity contribution in [1.29, 1.82) is 0 Å². The molecule has 3 aliphatic heterocycles. The van der Waals surface area contributed by atoms with Gasteiger partial charge in [-0.25, -0.2) is 0 Å². The van der Waals surface area contributed by atoms with Gasteiger partial charge >= 0.3 is 5.97 Å². The number of hydrogen-bond donors (Lipinski definition) is 1. The summed E-state index contributed by atoms with van der Waals surface area (Å²) in [6.45, 7) is 2.62. The lowest BCUT2D eigenvalue weighted by molar-refractivity contribution is -0.145. The fourth-order valence-electron chi connectivity index (χ4n) is 4.45. The van der Waals surface area contributed by atoms with Crippen LogP contribution in [0, 0.1) is 11.8 Å². The van der Waals surface area contributed by atoms with Crippen molar-refractivity contribution in [3.05, 3.63) is 29.3 Å². The zero-order valence-corrected chi connectivity index (χ0v) is 14.9. The standard InChI is InChI=1S/C20H25NO5/c22-18(12-13-1-2-17-15(11-13)5-9-25-17)21-7-3-14(4-8-21)19-16(20(23)24)6-10-26-19/h1-2,11,14,16,19H,3-10,12H2,(H,23,24)/t16?,19-/m0/s1. The number of nitrogens with zero attached hydrogens (tertiary/aromatic N) is 1. The Hall–Kier alpha value is -2.08. The smallest absolute Gasteiger partial charge is 0.309 e. The molecule has 1 amide bonds. The van der Waals surface area contributed by atoms with Crippen molar-refractivity contribution in [2.75, 3.05) is 26.3 Å². The van der Waals surface area contributed by atoms with E-state index in [1.54, 1.807) is 0 Å². The van der Waals surface area contributed by atoms with E-state index in [0.717, 1.165) is 37.2 Å². The van der Waals surface area contributed by atoms with Gasteiger partial charge in [-0.05, 0) is 42.4 Å². The average Bonchev–Trinajstić information content (AvgIpc) is 3.30. The molecule has 0 saturated carbocycles. The topological polar surface area (TPSA) is 76.1 Å². The van der Waals surface area contributed by atoms with Crippen LogP contribution in [-0.2, 0) is 27.2 Å². The molecule has 3 heterocycles. The molecule has 3 aliphatic rings. The highest BCUT2D eigenvalue weighted by Gasteiger charge is 2.40. The molecule has 26 heavy (non-hydrogen) atoms. The van der Waals surface area contributed by atoms with Gasteiger partial charge in [-0.15, -0.1) is 0 Å². The molecule has 0 radical (unpaired) electrons. The summed E-state index contributed by atoms with van der Waals surface area (Å²) in [6.07, 6.45) is 3.36. The van der Waals surface area contributed by atoms with E-state index in [9.17, 15) is 14.7 Å². The van der Waals surface area contributed by atoms with Gasteiger partial charge in [-0.2, -0.15) is 0 Å². The van der Waals surface area contributed by atoms with Gasteiger partial charge in [0.2, 0.25) is 5.91 Å². The summed E-state index contributed by atoms with van der Waals surface area (Å²) in [5.74, 6) is 0.165. The van der Waals surface area contributed by atoms with Crippen molar-refractivity contribution in [1.82, 2.24) is 4.90 Å². The molecule has 4 rings (SSSR count). The van der Waals surface area contributed by atoms with Crippen LogP contribution in [0.1, 0.15) is 30.4 Å². The molecule has 1 N–H and O–H groups in total. The predicted molar refractivity (Wildman–Crippen MR) is 94.1 cm³/mol. The molecular weight excluding hydrogens is 334 g/mol. The normalized spacial score (nSPS) is 25.8. The van der Waals surface area contributed by atoms with Crippen LogP contribution < -0.4 is 4.74 Å². The Bertz CT molecular complexity index is 695. The van der Waals surface area contributed by atoms with Crippen LogP contribution in [-0.4, -0.2) is 54.3 Å². The maximum atomic E-state index is 12.6. The number of amides is 1. The van der Waals surface area contributed by atoms with Crippen LogP contribution in [0.25, 0.3) is 0 Å². The number of hydrogen-bond acceptors (Lipinski definition) is 4. The van der Waals surface area contributed by atoms with Gasteiger partial charge < -0.3 is 19.5 Å². The average molecular weight is 359 g/mol. The number of carboxylic acids is 1. The third-order valence-corrected chi connectivity index (χ3v) is 5.92. The maximum absolute atomic E-state index is 12.6. The van der Waals surface area contributed by atoms with Crippen LogP contribution in [0.3, 0.4) is 0 Å². The molecule has 0 aromatic heterocycles. The molecule has 0 spiro atoms. The Morgan fingerprint density at radius 3 is 2.73 bits per heavy atom. The van der Waals surface area contributed by atoms with Gasteiger partial charge in [0.05, 0.1) is 25.0 Å². The SMILES string of the molecule is O=C(O)C1CCO[C@H]1C1CCN(C(=O)Cc2ccc3c(c2)CCO3)CC1. The second-order valence-electron chi connectivity index (χ2n) is 7.50. The fourth-order valence-corrected chi connectivity index (χ4v) is 4.45. The number of carboxylic acid groups (broad SMARTS) is 1. The maximum Gasteiger partial charge on any atom is 0.309 e. The largest absolute Gasteiger partial charge is 0.493 e. The molecule has 2 saturated heterocycles. The Morgan fingerprint density at radius 1 is 1.15 bits per heavy atom. The minimum Gasteiger partial charge on any atom is -0.493 e. The van der Waals surface area contributed by atoms with E-state index in [4.69, 9.17) is 9.47 Å². The number of rotatable bonds is 4. The predicted octanol–water partition coefficient (Wildman–Crippen LogP) is 1.89. The van der Waals surface area contributed by atoms with Crippen LogP contribution in [0.15, 0.2) is 18.2 Å².